The standard InChI is InChI=1S/C19H24N4O/c1-12(2)8-16-9-13(3)6-7-17(16)23-19-18(22-14(4)10-24)15(5)20-11-21-19/h6-7,9-12H,8H2,1-5H3,(H,20,21,23). The SMILES string of the molecule is CC(C=O)=Nc1c(C)ncnc1Nc1ccc(C)cc1CC(C)C. The van der Waals surface area contributed by atoms with E-state index in [1.54, 1.807) is 6.92 Å². The molecule has 0 bridgehead atoms. The Balaban J connectivity index is 2.45. The first-order valence-corrected chi connectivity index (χ1v) is 8.09. The molecule has 24 heavy (non-hydrogen) atoms. The van der Waals surface area contributed by atoms with Gasteiger partial charge in [-0.1, -0.05) is 31.5 Å². The highest BCUT2D eigenvalue weighted by atomic mass is 16.1. The number of benzene rings is 1. The zero-order valence-electron chi connectivity index (χ0n) is 14.9. The Morgan fingerprint density at radius 3 is 2.71 bits per heavy atom. The summed E-state index contributed by atoms with van der Waals surface area (Å²) >= 11 is 0. The van der Waals surface area contributed by atoms with Crippen LogP contribution in [-0.2, 0) is 11.2 Å². The smallest absolute Gasteiger partial charge is 0.163 e. The molecule has 126 valence electrons. The lowest BCUT2D eigenvalue weighted by Crippen LogP contribution is -2.03. The van der Waals surface area contributed by atoms with Crippen molar-refractivity contribution in [3.8, 4) is 0 Å². The Morgan fingerprint density at radius 2 is 2.04 bits per heavy atom. The van der Waals surface area contributed by atoms with Crippen LogP contribution in [0.5, 0.6) is 0 Å². The molecule has 2 rings (SSSR count). The van der Waals surface area contributed by atoms with Crippen LogP contribution in [0.1, 0.15) is 37.6 Å². The van der Waals surface area contributed by atoms with E-state index in [1.165, 1.54) is 17.5 Å². The van der Waals surface area contributed by atoms with E-state index >= 15 is 0 Å². The molecule has 1 N–H and O–H groups in total. The number of aryl methyl sites for hydroxylation is 2. The summed E-state index contributed by atoms with van der Waals surface area (Å²) in [5.74, 6) is 1.16. The van der Waals surface area contributed by atoms with Gasteiger partial charge in [0.25, 0.3) is 0 Å². The predicted molar refractivity (Wildman–Crippen MR) is 98.6 cm³/mol. The Bertz CT molecular complexity index is 766. The Morgan fingerprint density at radius 1 is 1.29 bits per heavy atom. The van der Waals surface area contributed by atoms with Crippen molar-refractivity contribution in [2.45, 2.75) is 41.0 Å². The molecule has 1 heterocycles. The molecule has 0 atom stereocenters. The lowest BCUT2D eigenvalue weighted by molar-refractivity contribution is -0.102. The highest BCUT2D eigenvalue weighted by molar-refractivity contribution is 6.27. The Hall–Kier alpha value is -2.56. The fraction of sp³-hybridized carbons (Fsp3) is 0.368. The van der Waals surface area contributed by atoms with E-state index in [1.807, 2.05) is 6.92 Å². The Labute approximate surface area is 143 Å². The minimum Gasteiger partial charge on any atom is -0.338 e. The molecule has 0 aliphatic carbocycles. The van der Waals surface area contributed by atoms with Crippen molar-refractivity contribution >= 4 is 29.2 Å². The molecular formula is C19H24N4O. The molecule has 0 aliphatic rings. The fourth-order valence-corrected chi connectivity index (χ4v) is 2.48. The molecule has 5 heteroatoms. The average Bonchev–Trinajstić information content (AvgIpc) is 2.52. The van der Waals surface area contributed by atoms with Gasteiger partial charge in [0.1, 0.15) is 12.0 Å². The van der Waals surface area contributed by atoms with Gasteiger partial charge < -0.3 is 5.32 Å². The van der Waals surface area contributed by atoms with Crippen molar-refractivity contribution in [3.05, 3.63) is 41.3 Å². The summed E-state index contributed by atoms with van der Waals surface area (Å²) in [6, 6.07) is 6.32. The van der Waals surface area contributed by atoms with Gasteiger partial charge in [-0.2, -0.15) is 0 Å². The first-order chi connectivity index (χ1) is 11.4. The normalized spacial score (nSPS) is 11.7. The number of nitrogens with one attached hydrogen (secondary N) is 1. The molecule has 5 nitrogen and oxygen atoms in total. The van der Waals surface area contributed by atoms with Gasteiger partial charge in [0, 0.05) is 5.69 Å². The largest absolute Gasteiger partial charge is 0.338 e. The van der Waals surface area contributed by atoms with Crippen molar-refractivity contribution in [3.63, 3.8) is 0 Å². The number of carbonyl (C=O) groups excluding carboxylic acids is 1. The summed E-state index contributed by atoms with van der Waals surface area (Å²) in [6.45, 7) is 10.0. The number of rotatable bonds is 6. The van der Waals surface area contributed by atoms with Crippen LogP contribution in [0.2, 0.25) is 0 Å². The van der Waals surface area contributed by atoms with Gasteiger partial charge in [-0.3, -0.25) is 4.79 Å². The van der Waals surface area contributed by atoms with E-state index in [0.717, 1.165) is 24.1 Å². The van der Waals surface area contributed by atoms with E-state index < -0.39 is 0 Å². The summed E-state index contributed by atoms with van der Waals surface area (Å²) < 4.78 is 0. The zero-order valence-corrected chi connectivity index (χ0v) is 14.9. The summed E-state index contributed by atoms with van der Waals surface area (Å²) in [6.07, 6.45) is 3.20. The van der Waals surface area contributed by atoms with Crippen LogP contribution in [0.3, 0.4) is 0 Å². The molecule has 0 saturated heterocycles. The third kappa shape index (κ3) is 4.47. The second-order valence-electron chi connectivity index (χ2n) is 6.41. The molecular weight excluding hydrogens is 300 g/mol. The molecule has 0 unspecified atom stereocenters. The number of nitrogens with zero attached hydrogens (tertiary/aromatic N) is 3. The molecule has 0 spiro atoms. The number of anilines is 2. The first kappa shape index (κ1) is 17.8. The summed E-state index contributed by atoms with van der Waals surface area (Å²) in [5.41, 5.74) is 5.19. The number of aldehydes is 1. The number of aliphatic imine (C=N–C) groups is 1. The topological polar surface area (TPSA) is 67.2 Å². The third-order valence-corrected chi connectivity index (χ3v) is 3.61. The van der Waals surface area contributed by atoms with E-state index in [9.17, 15) is 4.79 Å². The van der Waals surface area contributed by atoms with Gasteiger partial charge in [-0.25, -0.2) is 15.0 Å². The van der Waals surface area contributed by atoms with E-state index in [2.05, 4.69) is 59.2 Å². The van der Waals surface area contributed by atoms with Crippen molar-refractivity contribution in [1.82, 2.24) is 9.97 Å². The lowest BCUT2D eigenvalue weighted by Gasteiger charge is -2.15. The third-order valence-electron chi connectivity index (χ3n) is 3.61. The molecule has 0 fully saturated rings. The molecule has 0 aliphatic heterocycles. The quantitative estimate of drug-likeness (QED) is 0.634. The average molecular weight is 324 g/mol. The highest BCUT2D eigenvalue weighted by Crippen LogP contribution is 2.30. The summed E-state index contributed by atoms with van der Waals surface area (Å²) in [4.78, 5) is 23.8. The second-order valence-corrected chi connectivity index (χ2v) is 6.41. The van der Waals surface area contributed by atoms with Crippen molar-refractivity contribution in [2.75, 3.05) is 5.32 Å². The molecule has 0 amide bonds. The zero-order chi connectivity index (χ0) is 17.7. The van der Waals surface area contributed by atoms with Gasteiger partial charge >= 0.3 is 0 Å². The van der Waals surface area contributed by atoms with Gasteiger partial charge in [0.05, 0.1) is 11.4 Å². The summed E-state index contributed by atoms with van der Waals surface area (Å²) in [7, 11) is 0. The maximum atomic E-state index is 10.9. The first-order valence-electron chi connectivity index (χ1n) is 8.09. The molecule has 1 aromatic heterocycles. The van der Waals surface area contributed by atoms with Crippen molar-refractivity contribution in [2.24, 2.45) is 10.9 Å². The van der Waals surface area contributed by atoms with E-state index in [0.29, 0.717) is 23.1 Å². The van der Waals surface area contributed by atoms with Crippen LogP contribution >= 0.6 is 0 Å². The van der Waals surface area contributed by atoms with Crippen molar-refractivity contribution in [1.29, 1.82) is 0 Å². The number of aromatic nitrogens is 2. The highest BCUT2D eigenvalue weighted by Gasteiger charge is 2.11. The van der Waals surface area contributed by atoms with E-state index in [-0.39, 0.29) is 0 Å². The molecule has 0 saturated carbocycles. The second kappa shape index (κ2) is 7.81. The molecule has 0 radical (unpaired) electrons. The summed E-state index contributed by atoms with van der Waals surface area (Å²) in [5, 5.41) is 3.37. The van der Waals surface area contributed by atoms with Crippen LogP contribution in [0.4, 0.5) is 17.2 Å². The lowest BCUT2D eigenvalue weighted by atomic mass is 9.99. The maximum absolute atomic E-state index is 10.9. The number of carbonyl (C=O) groups is 1. The van der Waals surface area contributed by atoms with Crippen LogP contribution in [0, 0.1) is 19.8 Å². The van der Waals surface area contributed by atoms with E-state index in [4.69, 9.17) is 0 Å². The van der Waals surface area contributed by atoms with Gasteiger partial charge in [0.2, 0.25) is 0 Å². The van der Waals surface area contributed by atoms with Crippen LogP contribution in [0.15, 0.2) is 29.5 Å². The number of hydrogen-bond donors (Lipinski definition) is 1. The fourth-order valence-electron chi connectivity index (χ4n) is 2.48. The van der Waals surface area contributed by atoms with Crippen LogP contribution in [0.25, 0.3) is 0 Å². The minimum atomic E-state index is 0.391. The molecule has 1 aromatic carbocycles. The van der Waals surface area contributed by atoms with Gasteiger partial charge in [0.15, 0.2) is 12.1 Å². The maximum Gasteiger partial charge on any atom is 0.163 e. The Kier molecular flexibility index (Phi) is 5.79. The molecule has 2 aromatic rings. The van der Waals surface area contributed by atoms with Gasteiger partial charge in [-0.15, -0.1) is 0 Å². The van der Waals surface area contributed by atoms with Crippen molar-refractivity contribution < 1.29 is 4.79 Å². The van der Waals surface area contributed by atoms with Crippen LogP contribution in [-0.4, -0.2) is 22.0 Å². The minimum absolute atomic E-state index is 0.391. The monoisotopic (exact) mass is 324 g/mol. The van der Waals surface area contributed by atoms with Gasteiger partial charge in [-0.05, 0) is 44.7 Å². The number of hydrogen-bond acceptors (Lipinski definition) is 5. The van der Waals surface area contributed by atoms with Crippen LogP contribution < -0.4 is 5.32 Å². The predicted octanol–water partition coefficient (Wildman–Crippen LogP) is 4.33.